The molecule has 0 aliphatic heterocycles. The van der Waals surface area contributed by atoms with Gasteiger partial charge < -0.3 is 34.5 Å². The van der Waals surface area contributed by atoms with Gasteiger partial charge in [0.15, 0.2) is 0 Å². The molecule has 0 saturated carbocycles. The van der Waals surface area contributed by atoms with Crippen molar-refractivity contribution in [2.24, 2.45) is 0 Å². The number of rotatable bonds is 2. The molecule has 0 radical (unpaired) electrons. The van der Waals surface area contributed by atoms with E-state index in [9.17, 15) is 34.5 Å². The number of hydrogen-bond donors (Lipinski definition) is 0. The van der Waals surface area contributed by atoms with E-state index in [-0.39, 0.29) is 17.1 Å². The van der Waals surface area contributed by atoms with Crippen LogP contribution < -0.4 is 0 Å². The van der Waals surface area contributed by atoms with E-state index >= 15 is 0 Å². The van der Waals surface area contributed by atoms with Gasteiger partial charge in [-0.3, -0.25) is 19.9 Å². The van der Waals surface area contributed by atoms with Gasteiger partial charge in [-0.05, 0) is 48.5 Å². The molecule has 0 unspecified atom stereocenters. The van der Waals surface area contributed by atoms with E-state index in [1.165, 1.54) is 13.8 Å². The molecule has 290 valence electrons. The van der Waals surface area contributed by atoms with Crippen LogP contribution in [0.3, 0.4) is 0 Å². The number of halogens is 8. The van der Waals surface area contributed by atoms with Crippen molar-refractivity contribution in [2.75, 3.05) is 0 Å². The molecule has 57 heavy (non-hydrogen) atoms. The molecule has 0 saturated heterocycles. The Kier molecular flexibility index (Phi) is 18.6. The van der Waals surface area contributed by atoms with Gasteiger partial charge >= 0.3 is 31.6 Å². The van der Waals surface area contributed by atoms with Crippen molar-refractivity contribution in [1.29, 1.82) is 10.5 Å². The van der Waals surface area contributed by atoms with Crippen LogP contribution in [0.1, 0.15) is 13.8 Å². The van der Waals surface area contributed by atoms with E-state index in [1.807, 2.05) is 60.7 Å². The minimum absolute atomic E-state index is 0. The van der Waals surface area contributed by atoms with Crippen molar-refractivity contribution < 1.29 is 51.6 Å². The normalized spacial score (nSPS) is 10.1. The maximum absolute atomic E-state index is 9.75. The molecule has 6 heterocycles. The van der Waals surface area contributed by atoms with Gasteiger partial charge in [-0.1, -0.05) is 60.7 Å². The van der Waals surface area contributed by atoms with Crippen molar-refractivity contribution in [1.82, 2.24) is 29.9 Å². The Morgan fingerprint density at radius 2 is 0.667 bits per heavy atom. The summed E-state index contributed by atoms with van der Waals surface area (Å²) in [5.41, 5.74) is 7.21. The molecule has 8 nitrogen and oxygen atoms in total. The molecule has 8 aromatic rings. The van der Waals surface area contributed by atoms with Crippen LogP contribution in [-0.4, -0.2) is 44.4 Å². The summed E-state index contributed by atoms with van der Waals surface area (Å²) in [7, 11) is -12.0. The monoisotopic (exact) mass is 826 g/mol. The van der Waals surface area contributed by atoms with Crippen LogP contribution in [0.15, 0.2) is 134 Å². The van der Waals surface area contributed by atoms with Gasteiger partial charge in [-0.2, -0.15) is 10.5 Å². The number of fused-ring (bicyclic) bond motifs is 6. The summed E-state index contributed by atoms with van der Waals surface area (Å²) >= 11 is 0. The van der Waals surface area contributed by atoms with Crippen molar-refractivity contribution in [3.63, 3.8) is 0 Å². The second kappa shape index (κ2) is 22.7. The van der Waals surface area contributed by atoms with Gasteiger partial charge in [0.1, 0.15) is 0 Å². The zero-order valence-electron chi connectivity index (χ0n) is 29.8. The summed E-state index contributed by atoms with van der Waals surface area (Å²) in [5, 5.41) is 19.0. The summed E-state index contributed by atoms with van der Waals surface area (Å²) in [4.78, 5) is 27.1. The largest absolute Gasteiger partial charge is 2.00 e. The first-order chi connectivity index (χ1) is 26.7. The van der Waals surface area contributed by atoms with E-state index < -0.39 is 14.5 Å². The predicted molar refractivity (Wildman–Crippen MR) is 203 cm³/mol. The first kappa shape index (κ1) is 46.6. The second-order valence-electron chi connectivity index (χ2n) is 10.7. The molecule has 0 spiro atoms. The third kappa shape index (κ3) is 16.0. The zero-order valence-corrected chi connectivity index (χ0v) is 30.9. The Labute approximate surface area is 332 Å². The fourth-order valence-electron chi connectivity index (χ4n) is 4.76. The van der Waals surface area contributed by atoms with E-state index in [2.05, 4.69) is 68.5 Å². The van der Waals surface area contributed by atoms with Crippen molar-refractivity contribution in [2.45, 2.75) is 13.8 Å². The predicted octanol–water partition coefficient (Wildman–Crippen LogP) is 11.3. The molecule has 6 aromatic heterocycles. The average molecular weight is 826 g/mol. The maximum Gasteiger partial charge on any atom is 2.00 e. The maximum atomic E-state index is 9.75. The Balaban J connectivity index is 0.000000284. The standard InChI is InChI=1S/2C17H11N3.2C2H3N.2BF4.Fe/c2*1-2-10-18-14(5-1)15-9-8-13-7-6-12-4-3-11-19-16(12)17(13)20-15;2*1-2-3;2*2-1(3,4)5;/h2*1-11H;2*1H3;;;/q;;;;2*-1;+2. The first-order valence-electron chi connectivity index (χ1n) is 16.1. The number of aromatic nitrogens is 6. The molecule has 0 aliphatic rings. The van der Waals surface area contributed by atoms with Gasteiger partial charge in [0.2, 0.25) is 0 Å². The van der Waals surface area contributed by atoms with Crippen LogP contribution in [-0.2, 0) is 17.1 Å². The number of hydrogen-bond acceptors (Lipinski definition) is 8. The smallest absolute Gasteiger partial charge is 0.418 e. The Morgan fingerprint density at radius 1 is 0.386 bits per heavy atom. The third-order valence-electron chi connectivity index (χ3n) is 6.72. The number of pyridine rings is 6. The summed E-state index contributed by atoms with van der Waals surface area (Å²) < 4.78 is 78.0. The molecule has 0 N–H and O–H groups in total. The molecule has 8 rings (SSSR count). The van der Waals surface area contributed by atoms with Gasteiger partial charge in [-0.15, -0.1) is 0 Å². The Hall–Kier alpha value is -6.55. The average Bonchev–Trinajstić information content (AvgIpc) is 3.18. The molecule has 0 atom stereocenters. The van der Waals surface area contributed by atoms with Gasteiger partial charge in [-0.25, -0.2) is 9.97 Å². The van der Waals surface area contributed by atoms with Gasteiger partial charge in [0, 0.05) is 60.2 Å². The third-order valence-corrected chi connectivity index (χ3v) is 6.72. The number of nitrogens with zero attached hydrogens (tertiary/aromatic N) is 8. The van der Waals surface area contributed by atoms with Crippen molar-refractivity contribution >= 4 is 58.1 Å². The quantitative estimate of drug-likeness (QED) is 0.0958. The molecule has 19 heteroatoms. The Morgan fingerprint density at radius 3 is 0.965 bits per heavy atom. The topological polar surface area (TPSA) is 125 Å². The SMILES string of the molecule is CC#N.CC#N.F[B-](F)(F)F.F[B-](F)(F)F.[Fe+2].c1ccc(-c2ccc3ccc4cccnc4c3n2)nc1.c1ccc(-c2ccc3ccc4cccnc4c3n2)nc1. The summed E-state index contributed by atoms with van der Waals surface area (Å²) in [6.45, 7) is 2.86. The molecular weight excluding hydrogens is 798 g/mol. The minimum Gasteiger partial charge on any atom is -0.418 e. The van der Waals surface area contributed by atoms with E-state index in [0.717, 1.165) is 66.4 Å². The summed E-state index contributed by atoms with van der Waals surface area (Å²) in [5.74, 6) is 0. The summed E-state index contributed by atoms with van der Waals surface area (Å²) in [6.07, 6.45) is 7.17. The van der Waals surface area contributed by atoms with Crippen molar-refractivity contribution in [3.8, 4) is 34.9 Å². The first-order valence-corrected chi connectivity index (χ1v) is 16.1. The van der Waals surface area contributed by atoms with Gasteiger partial charge in [0.05, 0.1) is 57.0 Å². The fraction of sp³-hybridized carbons (Fsp3) is 0.0526. The second-order valence-corrected chi connectivity index (χ2v) is 10.7. The van der Waals surface area contributed by atoms with Gasteiger partial charge in [0.25, 0.3) is 0 Å². The molecule has 0 bridgehead atoms. The van der Waals surface area contributed by atoms with Crippen LogP contribution in [0.5, 0.6) is 0 Å². The van der Waals surface area contributed by atoms with Crippen LogP contribution in [0.25, 0.3) is 66.4 Å². The van der Waals surface area contributed by atoms with E-state index in [0.29, 0.717) is 0 Å². The van der Waals surface area contributed by atoms with Crippen molar-refractivity contribution in [3.05, 3.63) is 134 Å². The van der Waals surface area contributed by atoms with Crippen LogP contribution >= 0.6 is 0 Å². The molecule has 0 fully saturated rings. The van der Waals surface area contributed by atoms with E-state index in [1.54, 1.807) is 36.9 Å². The molecular formula is C38H28B2F8FeN8. The van der Waals surface area contributed by atoms with Crippen LogP contribution in [0, 0.1) is 22.7 Å². The van der Waals surface area contributed by atoms with E-state index in [4.69, 9.17) is 20.5 Å². The van der Waals surface area contributed by atoms with Crippen LogP contribution in [0.4, 0.5) is 34.5 Å². The molecule has 2 aromatic carbocycles. The number of benzene rings is 2. The zero-order chi connectivity index (χ0) is 41.1. The Bertz CT molecular complexity index is 2370. The minimum atomic E-state index is -6.00. The summed E-state index contributed by atoms with van der Waals surface area (Å²) in [6, 6.07) is 39.6. The molecule has 0 amide bonds. The van der Waals surface area contributed by atoms with Crippen LogP contribution in [0.2, 0.25) is 0 Å². The fourth-order valence-corrected chi connectivity index (χ4v) is 4.76. The molecule has 0 aliphatic carbocycles. The number of nitriles is 2.